The molecule has 5 nitrogen and oxygen atoms in total. The number of carbonyl (C=O) groups is 1. The van der Waals surface area contributed by atoms with E-state index in [1.807, 2.05) is 0 Å². The molecule has 2 aromatic rings. The van der Waals surface area contributed by atoms with Crippen molar-refractivity contribution >= 4 is 23.1 Å². The summed E-state index contributed by atoms with van der Waals surface area (Å²) >= 11 is 0. The average Bonchev–Trinajstić information content (AvgIpc) is 2.65. The van der Waals surface area contributed by atoms with Gasteiger partial charge in [0.15, 0.2) is 0 Å². The highest BCUT2D eigenvalue weighted by molar-refractivity contribution is 5.86. The summed E-state index contributed by atoms with van der Waals surface area (Å²) in [5.41, 5.74) is 0.173. The molecule has 0 N–H and O–H groups in total. The molecular formula is C12H11NO4. The first kappa shape index (κ1) is 11.2. The highest BCUT2D eigenvalue weighted by atomic mass is 16.5. The van der Waals surface area contributed by atoms with E-state index in [-0.39, 0.29) is 0 Å². The van der Waals surface area contributed by atoms with Gasteiger partial charge in [0.25, 0.3) is 0 Å². The van der Waals surface area contributed by atoms with Gasteiger partial charge in [-0.3, -0.25) is 0 Å². The van der Waals surface area contributed by atoms with E-state index in [0.717, 1.165) is 0 Å². The Hall–Kier alpha value is -2.30. The van der Waals surface area contributed by atoms with Gasteiger partial charge in [0.2, 0.25) is 0 Å². The maximum atomic E-state index is 11.4. The lowest BCUT2D eigenvalue weighted by Crippen LogP contribution is -1.99. The Kier molecular flexibility index (Phi) is 3.09. The van der Waals surface area contributed by atoms with Crippen LogP contribution in [0.1, 0.15) is 6.92 Å². The third-order valence-electron chi connectivity index (χ3n) is 2.18. The maximum Gasteiger partial charge on any atom is 0.365 e. The van der Waals surface area contributed by atoms with Crippen LogP contribution in [0, 0.1) is 0 Å². The van der Waals surface area contributed by atoms with E-state index in [2.05, 4.69) is 0 Å². The molecule has 0 aliphatic heterocycles. The summed E-state index contributed by atoms with van der Waals surface area (Å²) in [7, 11) is 0. The summed E-state index contributed by atoms with van der Waals surface area (Å²) in [6, 6.07) is 6.93. The van der Waals surface area contributed by atoms with Crippen LogP contribution in [-0.2, 0) is 9.53 Å². The number of nitrogens with zero attached hydrogens (tertiary/aromatic N) is 1. The van der Waals surface area contributed by atoms with Crippen LogP contribution < -0.4 is 5.63 Å². The van der Waals surface area contributed by atoms with Gasteiger partial charge in [-0.1, -0.05) is 12.1 Å². The van der Waals surface area contributed by atoms with E-state index in [4.69, 9.17) is 9.26 Å². The molecule has 5 heteroatoms. The van der Waals surface area contributed by atoms with Crippen LogP contribution in [0.3, 0.4) is 0 Å². The highest BCUT2D eigenvalue weighted by Crippen LogP contribution is 2.10. The van der Waals surface area contributed by atoms with Gasteiger partial charge in [0.05, 0.1) is 23.7 Å². The Bertz CT molecular complexity index is 621. The molecule has 0 aliphatic carbocycles. The predicted octanol–water partition coefficient (Wildman–Crippen LogP) is 1.63. The quantitative estimate of drug-likeness (QED) is 0.597. The van der Waals surface area contributed by atoms with Gasteiger partial charge in [-0.05, 0) is 19.1 Å². The van der Waals surface area contributed by atoms with Crippen LogP contribution in [0.4, 0.5) is 0 Å². The summed E-state index contributed by atoms with van der Waals surface area (Å²) in [4.78, 5) is 22.5. The van der Waals surface area contributed by atoms with Crippen LogP contribution in [0.15, 0.2) is 39.7 Å². The normalized spacial score (nSPS) is 11.1. The maximum absolute atomic E-state index is 11.4. The fraction of sp³-hybridized carbons (Fsp3) is 0.167. The molecule has 0 spiro atoms. The third-order valence-corrected chi connectivity index (χ3v) is 2.18. The van der Waals surface area contributed by atoms with Gasteiger partial charge in [-0.2, -0.15) is 4.74 Å². The number of ether oxygens (including phenoxy) is 1. The highest BCUT2D eigenvalue weighted by Gasteiger charge is 2.05. The number of hydrogen-bond acceptors (Lipinski definition) is 4. The Balaban J connectivity index is 2.37. The van der Waals surface area contributed by atoms with Crippen LogP contribution in [-0.4, -0.2) is 17.3 Å². The lowest BCUT2D eigenvalue weighted by Gasteiger charge is -1.95. The molecule has 0 aliphatic rings. The molecule has 0 fully saturated rings. The molecule has 0 amide bonds. The third kappa shape index (κ3) is 2.28. The van der Waals surface area contributed by atoms with Gasteiger partial charge < -0.3 is 9.26 Å². The molecular weight excluding hydrogens is 222 g/mol. The zero-order valence-corrected chi connectivity index (χ0v) is 9.25. The van der Waals surface area contributed by atoms with Gasteiger partial charge in [-0.15, -0.1) is 0 Å². The first-order valence-corrected chi connectivity index (χ1v) is 5.18. The van der Waals surface area contributed by atoms with E-state index in [9.17, 15) is 9.59 Å². The van der Waals surface area contributed by atoms with Crippen LogP contribution in [0.5, 0.6) is 0 Å². The van der Waals surface area contributed by atoms with Crippen molar-refractivity contribution in [1.82, 2.24) is 4.74 Å². The van der Waals surface area contributed by atoms with E-state index < -0.39 is 11.6 Å². The van der Waals surface area contributed by atoms with Gasteiger partial charge >= 0.3 is 11.6 Å². The summed E-state index contributed by atoms with van der Waals surface area (Å²) in [6.45, 7) is 2.02. The van der Waals surface area contributed by atoms with Crippen molar-refractivity contribution in [2.24, 2.45) is 0 Å². The molecule has 88 valence electrons. The number of esters is 1. The molecule has 1 heterocycles. The lowest BCUT2D eigenvalue weighted by molar-refractivity contribution is -0.137. The van der Waals surface area contributed by atoms with Crippen molar-refractivity contribution < 1.29 is 14.1 Å². The Labute approximate surface area is 96.9 Å². The summed E-state index contributed by atoms with van der Waals surface area (Å²) in [5, 5.41) is 0.473. The fourth-order valence-electron chi connectivity index (χ4n) is 1.46. The minimum Gasteiger partial charge on any atom is -0.463 e. The fourth-order valence-corrected chi connectivity index (χ4v) is 1.46. The number of aromatic nitrogens is 1. The molecule has 0 saturated heterocycles. The molecule has 1 aromatic heterocycles. The number of rotatable bonds is 3. The average molecular weight is 233 g/mol. The minimum absolute atomic E-state index is 0.305. The number of para-hydroxylation sites is 1. The molecule has 0 unspecified atom stereocenters. The van der Waals surface area contributed by atoms with E-state index in [0.29, 0.717) is 17.5 Å². The zero-order valence-electron chi connectivity index (χ0n) is 9.25. The van der Waals surface area contributed by atoms with Gasteiger partial charge in [0, 0.05) is 6.08 Å². The first-order chi connectivity index (χ1) is 8.22. The minimum atomic E-state index is -0.479. The van der Waals surface area contributed by atoms with Crippen molar-refractivity contribution in [1.29, 1.82) is 0 Å². The molecule has 17 heavy (non-hydrogen) atoms. The monoisotopic (exact) mass is 233 g/mol. The summed E-state index contributed by atoms with van der Waals surface area (Å²) in [6.07, 6.45) is 2.57. The topological polar surface area (TPSA) is 61.4 Å². The van der Waals surface area contributed by atoms with Crippen molar-refractivity contribution in [2.75, 3.05) is 6.61 Å². The van der Waals surface area contributed by atoms with Crippen molar-refractivity contribution in [3.63, 3.8) is 0 Å². The smallest absolute Gasteiger partial charge is 0.365 e. The van der Waals surface area contributed by atoms with E-state index in [1.165, 1.54) is 17.0 Å². The number of fused-ring (bicyclic) bond motifs is 1. The van der Waals surface area contributed by atoms with Crippen molar-refractivity contribution in [3.8, 4) is 0 Å². The molecule has 0 saturated carbocycles. The largest absolute Gasteiger partial charge is 0.463 e. The van der Waals surface area contributed by atoms with Crippen molar-refractivity contribution in [3.05, 3.63) is 40.8 Å². The second kappa shape index (κ2) is 4.69. The van der Waals surface area contributed by atoms with Crippen LogP contribution in [0.2, 0.25) is 0 Å². The summed E-state index contributed by atoms with van der Waals surface area (Å²) in [5.74, 6) is -0.479. The lowest BCUT2D eigenvalue weighted by atomic mass is 10.2. The Morgan fingerprint density at radius 2 is 2.24 bits per heavy atom. The molecule has 2 rings (SSSR count). The molecule has 0 atom stereocenters. The first-order valence-electron chi connectivity index (χ1n) is 5.18. The number of carbonyl (C=O) groups excluding carboxylic acids is 1. The molecule has 1 aromatic carbocycles. The van der Waals surface area contributed by atoms with Crippen LogP contribution in [0.25, 0.3) is 17.1 Å². The summed E-state index contributed by atoms with van der Waals surface area (Å²) < 4.78 is 10.9. The second-order valence-corrected chi connectivity index (χ2v) is 3.29. The van der Waals surface area contributed by atoms with E-state index >= 15 is 0 Å². The Morgan fingerprint density at radius 1 is 1.47 bits per heavy atom. The standard InChI is InChI=1S/C12H11NO4/c1-2-16-11(14)7-8-13-10-6-4-3-5-9(10)12(15)17-13/h3-8H,2H2,1H3/b8-7+. The van der Waals surface area contributed by atoms with E-state index in [1.54, 1.807) is 31.2 Å². The number of benzene rings is 1. The second-order valence-electron chi connectivity index (χ2n) is 3.29. The number of hydrogen-bond donors (Lipinski definition) is 0. The van der Waals surface area contributed by atoms with Crippen LogP contribution >= 0.6 is 0 Å². The van der Waals surface area contributed by atoms with Gasteiger partial charge in [-0.25, -0.2) is 9.59 Å². The molecule has 0 bridgehead atoms. The SMILES string of the molecule is CCOC(=O)/C=C/n1oc(=O)c2ccccc21. The van der Waals surface area contributed by atoms with Crippen molar-refractivity contribution in [2.45, 2.75) is 6.92 Å². The predicted molar refractivity (Wildman–Crippen MR) is 62.4 cm³/mol. The zero-order chi connectivity index (χ0) is 12.3. The Morgan fingerprint density at radius 3 is 3.00 bits per heavy atom. The molecule has 0 radical (unpaired) electrons. The van der Waals surface area contributed by atoms with Gasteiger partial charge in [0.1, 0.15) is 0 Å².